The summed E-state index contributed by atoms with van der Waals surface area (Å²) < 4.78 is 0.581. The molecule has 0 spiro atoms. The van der Waals surface area contributed by atoms with Gasteiger partial charge < -0.3 is 5.32 Å². The van der Waals surface area contributed by atoms with E-state index in [0.717, 1.165) is 16.9 Å². The van der Waals surface area contributed by atoms with Crippen LogP contribution in [0, 0.1) is 20.6 Å². The van der Waals surface area contributed by atoms with Gasteiger partial charge in [0.1, 0.15) is 0 Å². The average molecular weight is 389 g/mol. The van der Waals surface area contributed by atoms with Gasteiger partial charge in [-0.1, -0.05) is 23.7 Å². The number of rotatable bonds is 3. The highest BCUT2D eigenvalue weighted by Crippen LogP contribution is 2.31. The Balaban J connectivity index is 2.34. The predicted molar refractivity (Wildman–Crippen MR) is 85.3 cm³/mol. The SMILES string of the molecule is Cc1cccc(Cl)c1Nc1ccc([N+](=O)[O-])c(I)c1. The molecule has 2 rings (SSSR count). The van der Waals surface area contributed by atoms with Crippen LogP contribution in [0.25, 0.3) is 0 Å². The minimum absolute atomic E-state index is 0.0991. The molecule has 0 bridgehead atoms. The predicted octanol–water partition coefficient (Wildman–Crippen LogP) is 4.90. The molecule has 0 saturated heterocycles. The fourth-order valence-corrected chi connectivity index (χ4v) is 2.65. The Morgan fingerprint density at radius 2 is 2.05 bits per heavy atom. The smallest absolute Gasteiger partial charge is 0.282 e. The van der Waals surface area contributed by atoms with Crippen LogP contribution in [0.15, 0.2) is 36.4 Å². The molecule has 0 atom stereocenters. The molecule has 0 aliphatic carbocycles. The third kappa shape index (κ3) is 3.16. The van der Waals surface area contributed by atoms with E-state index in [4.69, 9.17) is 11.6 Å². The number of hydrogen-bond acceptors (Lipinski definition) is 3. The van der Waals surface area contributed by atoms with Crippen molar-refractivity contribution in [2.24, 2.45) is 0 Å². The second-order valence-electron chi connectivity index (χ2n) is 3.98. The lowest BCUT2D eigenvalue weighted by Crippen LogP contribution is -1.96. The highest BCUT2D eigenvalue weighted by Gasteiger charge is 2.12. The Kier molecular flexibility index (Phi) is 4.26. The molecule has 0 amide bonds. The number of anilines is 2. The zero-order valence-corrected chi connectivity index (χ0v) is 12.9. The van der Waals surface area contributed by atoms with Crippen LogP contribution in [0.3, 0.4) is 0 Å². The Bertz CT molecular complexity index is 626. The third-order valence-electron chi connectivity index (χ3n) is 2.64. The molecule has 0 heterocycles. The largest absolute Gasteiger partial charge is 0.354 e. The fourth-order valence-electron chi connectivity index (χ4n) is 1.67. The van der Waals surface area contributed by atoms with Crippen molar-refractivity contribution in [3.63, 3.8) is 0 Å². The normalized spacial score (nSPS) is 10.3. The number of benzene rings is 2. The summed E-state index contributed by atoms with van der Waals surface area (Å²) in [5.74, 6) is 0. The molecule has 0 fully saturated rings. The van der Waals surface area contributed by atoms with Gasteiger partial charge in [0.2, 0.25) is 0 Å². The van der Waals surface area contributed by atoms with E-state index in [1.165, 1.54) is 6.07 Å². The van der Waals surface area contributed by atoms with Gasteiger partial charge in [0.15, 0.2) is 0 Å². The molecule has 0 aromatic heterocycles. The highest BCUT2D eigenvalue weighted by molar-refractivity contribution is 14.1. The van der Waals surface area contributed by atoms with E-state index >= 15 is 0 Å². The lowest BCUT2D eigenvalue weighted by molar-refractivity contribution is -0.385. The minimum atomic E-state index is -0.397. The third-order valence-corrected chi connectivity index (χ3v) is 3.81. The van der Waals surface area contributed by atoms with Crippen LogP contribution >= 0.6 is 34.2 Å². The lowest BCUT2D eigenvalue weighted by atomic mass is 10.2. The standard InChI is InChI=1S/C13H10ClIN2O2/c1-8-3-2-4-10(14)13(8)16-9-5-6-12(17(18)19)11(15)7-9/h2-7,16H,1H3. The Morgan fingerprint density at radius 3 is 2.63 bits per heavy atom. The summed E-state index contributed by atoms with van der Waals surface area (Å²) in [4.78, 5) is 10.4. The number of halogens is 2. The van der Waals surface area contributed by atoms with Gasteiger partial charge in [-0.25, -0.2) is 0 Å². The molecule has 0 unspecified atom stereocenters. The van der Waals surface area contributed by atoms with Gasteiger partial charge in [-0.05, 0) is 53.3 Å². The van der Waals surface area contributed by atoms with Crippen molar-refractivity contribution in [3.8, 4) is 0 Å². The summed E-state index contributed by atoms with van der Waals surface area (Å²) in [6.45, 7) is 1.95. The van der Waals surface area contributed by atoms with Crippen molar-refractivity contribution in [1.82, 2.24) is 0 Å². The molecule has 0 radical (unpaired) electrons. The van der Waals surface area contributed by atoms with Crippen molar-refractivity contribution < 1.29 is 4.92 Å². The second-order valence-corrected chi connectivity index (χ2v) is 5.55. The maximum absolute atomic E-state index is 10.8. The first-order valence-corrected chi connectivity index (χ1v) is 6.91. The summed E-state index contributed by atoms with van der Waals surface area (Å²) in [5.41, 5.74) is 2.70. The molecule has 6 heteroatoms. The quantitative estimate of drug-likeness (QED) is 0.462. The minimum Gasteiger partial charge on any atom is -0.354 e. The molecule has 2 aromatic rings. The average Bonchev–Trinajstić information content (AvgIpc) is 2.33. The highest BCUT2D eigenvalue weighted by atomic mass is 127. The molecular formula is C13H10ClIN2O2. The van der Waals surface area contributed by atoms with Crippen LogP contribution in [0.4, 0.5) is 17.1 Å². The Labute approximate surface area is 129 Å². The van der Waals surface area contributed by atoms with Crippen LogP contribution in [0.1, 0.15) is 5.56 Å². The van der Waals surface area contributed by atoms with Crippen LogP contribution in [-0.4, -0.2) is 4.92 Å². The number of aryl methyl sites for hydroxylation is 1. The van der Waals surface area contributed by atoms with Crippen LogP contribution in [0.2, 0.25) is 5.02 Å². The number of nitro benzene ring substituents is 1. The number of para-hydroxylation sites is 1. The van der Waals surface area contributed by atoms with E-state index in [2.05, 4.69) is 5.32 Å². The zero-order valence-electron chi connectivity index (χ0n) is 9.98. The first-order chi connectivity index (χ1) is 8.99. The Hall–Kier alpha value is -1.34. The van der Waals surface area contributed by atoms with Crippen LogP contribution in [-0.2, 0) is 0 Å². The molecule has 4 nitrogen and oxygen atoms in total. The number of nitrogens with one attached hydrogen (secondary N) is 1. The maximum atomic E-state index is 10.8. The van der Waals surface area contributed by atoms with Gasteiger partial charge in [-0.15, -0.1) is 0 Å². The van der Waals surface area contributed by atoms with Gasteiger partial charge in [0.05, 0.1) is 19.2 Å². The summed E-state index contributed by atoms with van der Waals surface area (Å²) in [6.07, 6.45) is 0. The van der Waals surface area contributed by atoms with Crippen molar-refractivity contribution >= 4 is 51.3 Å². The fraction of sp³-hybridized carbons (Fsp3) is 0.0769. The van der Waals surface area contributed by atoms with Crippen molar-refractivity contribution in [2.75, 3.05) is 5.32 Å². The molecule has 1 N–H and O–H groups in total. The second kappa shape index (κ2) is 5.75. The Morgan fingerprint density at radius 1 is 1.32 bits per heavy atom. The van der Waals surface area contributed by atoms with Crippen LogP contribution < -0.4 is 5.32 Å². The van der Waals surface area contributed by atoms with E-state index < -0.39 is 4.92 Å². The van der Waals surface area contributed by atoms with Crippen molar-refractivity contribution in [1.29, 1.82) is 0 Å². The maximum Gasteiger partial charge on any atom is 0.282 e. The molecule has 19 heavy (non-hydrogen) atoms. The molecule has 98 valence electrons. The summed E-state index contributed by atoms with van der Waals surface area (Å²) in [5, 5.41) is 14.6. The molecule has 2 aromatic carbocycles. The van der Waals surface area contributed by atoms with E-state index in [1.54, 1.807) is 18.2 Å². The van der Waals surface area contributed by atoms with E-state index in [1.807, 2.05) is 41.6 Å². The van der Waals surface area contributed by atoms with Crippen LogP contribution in [0.5, 0.6) is 0 Å². The summed E-state index contributed by atoms with van der Waals surface area (Å²) in [6, 6.07) is 10.5. The van der Waals surface area contributed by atoms with Gasteiger partial charge >= 0.3 is 0 Å². The first kappa shape index (κ1) is 14.1. The zero-order chi connectivity index (χ0) is 14.0. The molecular weight excluding hydrogens is 379 g/mol. The van der Waals surface area contributed by atoms with E-state index in [9.17, 15) is 10.1 Å². The van der Waals surface area contributed by atoms with Gasteiger partial charge in [0.25, 0.3) is 5.69 Å². The first-order valence-electron chi connectivity index (χ1n) is 5.45. The topological polar surface area (TPSA) is 55.2 Å². The molecule has 0 saturated carbocycles. The number of nitrogens with zero attached hydrogens (tertiary/aromatic N) is 1. The lowest BCUT2D eigenvalue weighted by Gasteiger charge is -2.11. The number of nitro groups is 1. The monoisotopic (exact) mass is 388 g/mol. The van der Waals surface area contributed by atoms with E-state index in [-0.39, 0.29) is 5.69 Å². The molecule has 0 aliphatic heterocycles. The van der Waals surface area contributed by atoms with Gasteiger partial charge in [-0.3, -0.25) is 10.1 Å². The number of hydrogen-bond donors (Lipinski definition) is 1. The molecule has 0 aliphatic rings. The van der Waals surface area contributed by atoms with Crippen molar-refractivity contribution in [3.05, 3.63) is 60.7 Å². The summed E-state index contributed by atoms with van der Waals surface area (Å²) >= 11 is 8.07. The van der Waals surface area contributed by atoms with E-state index in [0.29, 0.717) is 8.59 Å². The van der Waals surface area contributed by atoms with Gasteiger partial charge in [-0.2, -0.15) is 0 Å². The van der Waals surface area contributed by atoms with Crippen molar-refractivity contribution in [2.45, 2.75) is 6.92 Å². The van der Waals surface area contributed by atoms with Gasteiger partial charge in [0, 0.05) is 11.8 Å². The summed E-state index contributed by atoms with van der Waals surface area (Å²) in [7, 11) is 0.